The topological polar surface area (TPSA) is 145 Å². The van der Waals surface area contributed by atoms with E-state index in [1.54, 1.807) is 0 Å². The highest BCUT2D eigenvalue weighted by Gasteiger charge is 2.33. The summed E-state index contributed by atoms with van der Waals surface area (Å²) in [7, 11) is 12.9. The fourth-order valence-electron chi connectivity index (χ4n) is 9.73. The van der Waals surface area contributed by atoms with Crippen molar-refractivity contribution in [3.8, 4) is 0 Å². The van der Waals surface area contributed by atoms with Crippen molar-refractivity contribution in [3.63, 3.8) is 0 Å². The molecular weight excluding hydrogens is 841 g/mol. The maximum Gasteiger partial charge on any atom is 0.309 e. The van der Waals surface area contributed by atoms with Crippen LogP contribution in [0.25, 0.3) is 0 Å². The zero-order valence-corrected chi connectivity index (χ0v) is 46.0. The quantitative estimate of drug-likeness (QED) is 0.0302. The molecule has 0 fully saturated rings. The Morgan fingerprint density at radius 1 is 0.448 bits per heavy atom. The molecule has 6 atom stereocenters. The van der Waals surface area contributed by atoms with Crippen LogP contribution < -0.4 is 16.0 Å². The molecule has 0 aliphatic rings. The molecule has 394 valence electrons. The number of carbonyl (C=O) groups excluding carboxylic acids is 2. The maximum atomic E-state index is 14.7. The van der Waals surface area contributed by atoms with Crippen LogP contribution in [-0.4, -0.2) is 149 Å². The number of unbranched alkanes of at least 4 members (excludes halogenated alkanes) is 4. The van der Waals surface area contributed by atoms with Crippen LogP contribution >= 0.6 is 0 Å². The number of allylic oxidation sites excluding steroid dienone is 1. The molecule has 0 aliphatic heterocycles. The highest BCUT2D eigenvalue weighted by molar-refractivity contribution is 5.79. The van der Waals surface area contributed by atoms with E-state index in [9.17, 15) is 24.3 Å². The number of rotatable bonds is 45. The van der Waals surface area contributed by atoms with Crippen LogP contribution in [0.15, 0.2) is 12.3 Å². The number of nitrogens with zero attached hydrogens (tertiary/aromatic N) is 3. The van der Waals surface area contributed by atoms with E-state index in [1.165, 1.54) is 32.1 Å². The van der Waals surface area contributed by atoms with Gasteiger partial charge >= 0.3 is 11.9 Å². The number of hydrogen-bond donors (Lipinski definition) is 5. The first kappa shape index (κ1) is 64.3. The van der Waals surface area contributed by atoms with Gasteiger partial charge in [-0.25, -0.2) is 0 Å². The van der Waals surface area contributed by atoms with E-state index in [4.69, 9.17) is 5.11 Å². The van der Waals surface area contributed by atoms with E-state index in [-0.39, 0.29) is 54.2 Å². The van der Waals surface area contributed by atoms with Gasteiger partial charge in [0.05, 0.1) is 94.4 Å². The Balaban J connectivity index is 6.46. The molecule has 0 aromatic carbocycles. The number of amides is 2. The molecular formula is C55H111N6O6+3. The second-order valence-corrected chi connectivity index (χ2v) is 22.8. The molecule has 0 radical (unpaired) electrons. The molecule has 12 nitrogen and oxygen atoms in total. The normalized spacial score (nSPS) is 15.0. The van der Waals surface area contributed by atoms with Crippen molar-refractivity contribution in [2.75, 3.05) is 101 Å². The Morgan fingerprint density at radius 2 is 0.806 bits per heavy atom. The van der Waals surface area contributed by atoms with E-state index >= 15 is 0 Å². The molecule has 0 aromatic heterocycles. The molecule has 0 aliphatic carbocycles. The van der Waals surface area contributed by atoms with E-state index < -0.39 is 11.9 Å². The van der Waals surface area contributed by atoms with E-state index in [1.807, 2.05) is 0 Å². The van der Waals surface area contributed by atoms with Crippen molar-refractivity contribution in [1.82, 2.24) is 16.0 Å². The Kier molecular flexibility index (Phi) is 34.8. The lowest BCUT2D eigenvalue weighted by Gasteiger charge is -2.33. The SMILES string of the molecule is C=C(NCCC[N+](C)(C)CCC(=O)O)C(C)CCC(CCCC)C(CCC(CCCC)C(CCC(C)CCCC)C(=O)NCCC[N+](C)(C)CCC(=O)O)C(=O)NCCC[N+](C)(C)CCCC. The number of nitrogens with one attached hydrogen (secondary N) is 3. The number of carboxylic acid groups (broad SMARTS) is 2. The van der Waals surface area contributed by atoms with Crippen LogP contribution in [0.4, 0.5) is 0 Å². The van der Waals surface area contributed by atoms with Crippen molar-refractivity contribution in [2.45, 2.75) is 183 Å². The molecule has 6 unspecified atom stereocenters. The molecule has 0 bridgehead atoms. The average molecular weight is 953 g/mol. The van der Waals surface area contributed by atoms with Crippen LogP contribution in [0.3, 0.4) is 0 Å². The summed E-state index contributed by atoms with van der Waals surface area (Å²) in [5.74, 6) is -0.225. The lowest BCUT2D eigenvalue weighted by molar-refractivity contribution is -0.890. The highest BCUT2D eigenvalue weighted by Crippen LogP contribution is 2.36. The van der Waals surface area contributed by atoms with Crippen LogP contribution in [0.5, 0.6) is 0 Å². The lowest BCUT2D eigenvalue weighted by Crippen LogP contribution is -2.44. The summed E-state index contributed by atoms with van der Waals surface area (Å²) in [6.45, 7) is 25.1. The summed E-state index contributed by atoms with van der Waals surface area (Å²) in [4.78, 5) is 51.5. The smallest absolute Gasteiger partial charge is 0.309 e. The van der Waals surface area contributed by atoms with Crippen LogP contribution in [0, 0.1) is 35.5 Å². The van der Waals surface area contributed by atoms with Crippen molar-refractivity contribution >= 4 is 23.8 Å². The van der Waals surface area contributed by atoms with Crippen LogP contribution in [0.1, 0.15) is 183 Å². The van der Waals surface area contributed by atoms with Crippen LogP contribution in [-0.2, 0) is 19.2 Å². The number of hydrogen-bond acceptors (Lipinski definition) is 5. The molecule has 2 amide bonds. The third-order valence-electron chi connectivity index (χ3n) is 14.9. The van der Waals surface area contributed by atoms with Crippen molar-refractivity contribution < 1.29 is 42.8 Å². The molecule has 0 rings (SSSR count). The molecule has 5 N–H and O–H groups in total. The number of quaternary nitrogens is 3. The minimum absolute atomic E-state index is 0.109. The van der Waals surface area contributed by atoms with Gasteiger partial charge in [-0.2, -0.15) is 0 Å². The predicted octanol–water partition coefficient (Wildman–Crippen LogP) is 10.1. The second kappa shape index (κ2) is 36.3. The first-order chi connectivity index (χ1) is 31.5. The van der Waals surface area contributed by atoms with E-state index in [2.05, 4.69) is 106 Å². The minimum Gasteiger partial charge on any atom is -0.481 e. The Hall–Kier alpha value is -2.70. The standard InChI is InChI=1S/C55H108N6O6/c1-14-18-25-45(5)28-32-50(54(66)57-38-24-42-61(12,13)44-35-53(64)65)49(27-20-16-3)31-33-51(55(67)58-37-23-40-59(8,9)39-21-17-4)48(26-19-15-2)30-29-46(6)47(7)56-36-22-41-60(10,11)43-34-52(62)63/h45-46,48-51,56H,7,14-44H2,1-6,8-13H3,(H-3,57,58,62,63,64,65,66,67)/p+3. The number of carboxylic acids is 2. The third kappa shape index (κ3) is 32.7. The lowest BCUT2D eigenvalue weighted by atomic mass is 9.74. The van der Waals surface area contributed by atoms with E-state index in [0.717, 1.165) is 139 Å². The molecule has 0 saturated carbocycles. The van der Waals surface area contributed by atoms with Gasteiger partial charge in [0.1, 0.15) is 0 Å². The zero-order chi connectivity index (χ0) is 50.9. The monoisotopic (exact) mass is 952 g/mol. The number of carbonyl (C=O) groups is 4. The largest absolute Gasteiger partial charge is 0.481 e. The fourth-order valence-corrected chi connectivity index (χ4v) is 9.73. The maximum absolute atomic E-state index is 14.7. The first-order valence-corrected chi connectivity index (χ1v) is 27.4. The minimum atomic E-state index is -0.779. The van der Waals surface area contributed by atoms with Gasteiger partial charge in [0.15, 0.2) is 0 Å². The second-order valence-electron chi connectivity index (χ2n) is 22.8. The average Bonchev–Trinajstić information content (AvgIpc) is 3.27. The van der Waals surface area contributed by atoms with Gasteiger partial charge in [0.25, 0.3) is 0 Å². The molecule has 0 spiro atoms. The van der Waals surface area contributed by atoms with Gasteiger partial charge in [0.2, 0.25) is 11.8 Å². The Bertz CT molecular complexity index is 1350. The first-order valence-electron chi connectivity index (χ1n) is 27.4. The van der Waals surface area contributed by atoms with Gasteiger partial charge < -0.3 is 39.6 Å². The molecule has 67 heavy (non-hydrogen) atoms. The predicted molar refractivity (Wildman–Crippen MR) is 281 cm³/mol. The van der Waals surface area contributed by atoms with Crippen molar-refractivity contribution in [3.05, 3.63) is 12.3 Å². The highest BCUT2D eigenvalue weighted by atomic mass is 16.4. The summed E-state index contributed by atoms with van der Waals surface area (Å²) in [5.41, 5.74) is 1.03. The molecule has 0 heterocycles. The molecule has 0 aromatic rings. The summed E-state index contributed by atoms with van der Waals surface area (Å²) in [6.07, 6.45) is 20.6. The number of aliphatic carboxylic acids is 2. The summed E-state index contributed by atoms with van der Waals surface area (Å²) in [6, 6.07) is 0. The van der Waals surface area contributed by atoms with Gasteiger partial charge in [-0.3, -0.25) is 19.2 Å². The Labute approximate surface area is 413 Å². The van der Waals surface area contributed by atoms with Gasteiger partial charge in [-0.1, -0.05) is 99.5 Å². The van der Waals surface area contributed by atoms with Gasteiger partial charge in [-0.05, 0) is 81.5 Å². The summed E-state index contributed by atoms with van der Waals surface area (Å²) >= 11 is 0. The van der Waals surface area contributed by atoms with Crippen molar-refractivity contribution in [1.29, 1.82) is 0 Å². The zero-order valence-electron chi connectivity index (χ0n) is 46.0. The Morgan fingerprint density at radius 3 is 1.22 bits per heavy atom. The van der Waals surface area contributed by atoms with E-state index in [0.29, 0.717) is 41.1 Å². The van der Waals surface area contributed by atoms with Crippen molar-refractivity contribution in [2.24, 2.45) is 35.5 Å². The summed E-state index contributed by atoms with van der Waals surface area (Å²) in [5, 5.41) is 28.8. The van der Waals surface area contributed by atoms with Gasteiger partial charge in [0, 0.05) is 56.4 Å². The van der Waals surface area contributed by atoms with Gasteiger partial charge in [-0.15, -0.1) is 0 Å². The summed E-state index contributed by atoms with van der Waals surface area (Å²) < 4.78 is 2.24. The fraction of sp³-hybridized carbons (Fsp3) is 0.891. The van der Waals surface area contributed by atoms with Crippen LogP contribution in [0.2, 0.25) is 0 Å². The third-order valence-corrected chi connectivity index (χ3v) is 14.9. The molecule has 12 heteroatoms. The molecule has 0 saturated heterocycles.